The summed E-state index contributed by atoms with van der Waals surface area (Å²) in [6.45, 7) is 4.49. The van der Waals surface area contributed by atoms with Crippen LogP contribution in [0.15, 0.2) is 29.3 Å². The van der Waals surface area contributed by atoms with Crippen LogP contribution in [0.4, 0.5) is 13.2 Å². The van der Waals surface area contributed by atoms with Gasteiger partial charge in [-0.3, -0.25) is 4.79 Å². The van der Waals surface area contributed by atoms with Gasteiger partial charge in [-0.05, 0) is 43.9 Å². The molecule has 0 spiro atoms. The minimum Gasteiger partial charge on any atom is -0.357 e. The van der Waals surface area contributed by atoms with Crippen molar-refractivity contribution in [3.05, 3.63) is 35.4 Å². The summed E-state index contributed by atoms with van der Waals surface area (Å²) in [6, 6.07) is 4.92. The third kappa shape index (κ3) is 7.94. The van der Waals surface area contributed by atoms with Gasteiger partial charge in [0, 0.05) is 19.6 Å². The summed E-state index contributed by atoms with van der Waals surface area (Å²) in [6.07, 6.45) is -1.11. The average Bonchev–Trinajstić information content (AvgIpc) is 2.64. The number of carbonyl (C=O) groups is 1. The zero-order chi connectivity index (χ0) is 19.0. The minimum atomic E-state index is -4.34. The molecule has 0 aliphatic carbocycles. The number of nitrogens with zero attached hydrogens (tertiary/aromatic N) is 2. The molecule has 9 heteroatoms. The maximum absolute atomic E-state index is 12.6. The van der Waals surface area contributed by atoms with Crippen molar-refractivity contribution in [3.63, 3.8) is 0 Å². The average molecular weight is 498 g/mol. The standard InChI is InChI=1S/C18H25F3N4O.HI/c1-2-22-17(24-13-16(26)25-10-4-3-5-11-25)23-12-14-6-8-15(9-7-14)18(19,20)21;/h6-9H,2-5,10-13H2,1H3,(H2,22,23,24);1H. The fourth-order valence-corrected chi connectivity index (χ4v) is 2.73. The number of halogens is 4. The Balaban J connectivity index is 0.00000364. The second kappa shape index (κ2) is 11.4. The van der Waals surface area contributed by atoms with Crippen LogP contribution >= 0.6 is 24.0 Å². The number of guanidine groups is 1. The lowest BCUT2D eigenvalue weighted by atomic mass is 10.1. The van der Waals surface area contributed by atoms with E-state index in [1.54, 1.807) is 0 Å². The lowest BCUT2D eigenvalue weighted by Crippen LogP contribution is -2.46. The van der Waals surface area contributed by atoms with Gasteiger partial charge >= 0.3 is 6.18 Å². The van der Waals surface area contributed by atoms with Crippen LogP contribution in [-0.4, -0.2) is 42.9 Å². The summed E-state index contributed by atoms with van der Waals surface area (Å²) in [7, 11) is 0. The first-order valence-corrected chi connectivity index (χ1v) is 8.86. The molecule has 1 saturated heterocycles. The molecule has 1 aliphatic rings. The molecule has 0 aromatic heterocycles. The van der Waals surface area contributed by atoms with Crippen molar-refractivity contribution in [1.82, 2.24) is 15.5 Å². The minimum absolute atomic E-state index is 0. The van der Waals surface area contributed by atoms with Crippen molar-refractivity contribution >= 4 is 35.8 Å². The SMILES string of the molecule is CCNC(=NCc1ccc(C(F)(F)F)cc1)NCC(=O)N1CCCCC1.I. The number of benzene rings is 1. The van der Waals surface area contributed by atoms with Gasteiger partial charge in [0.05, 0.1) is 18.7 Å². The molecule has 2 rings (SSSR count). The van der Waals surface area contributed by atoms with E-state index in [0.29, 0.717) is 18.1 Å². The van der Waals surface area contributed by atoms with Crippen molar-refractivity contribution in [3.8, 4) is 0 Å². The third-order valence-electron chi connectivity index (χ3n) is 4.16. The molecule has 1 fully saturated rings. The van der Waals surface area contributed by atoms with Crippen molar-refractivity contribution < 1.29 is 18.0 Å². The Hall–Kier alpha value is -1.52. The van der Waals surface area contributed by atoms with Crippen LogP contribution in [0.5, 0.6) is 0 Å². The second-order valence-corrected chi connectivity index (χ2v) is 6.18. The van der Waals surface area contributed by atoms with Crippen molar-refractivity contribution in [2.45, 2.75) is 38.9 Å². The number of carbonyl (C=O) groups excluding carboxylic acids is 1. The molecular formula is C18H26F3IN4O. The monoisotopic (exact) mass is 498 g/mol. The molecule has 0 bridgehead atoms. The molecule has 1 aromatic carbocycles. The molecular weight excluding hydrogens is 472 g/mol. The fraction of sp³-hybridized carbons (Fsp3) is 0.556. The summed E-state index contributed by atoms with van der Waals surface area (Å²) in [5.74, 6) is 0.502. The van der Waals surface area contributed by atoms with E-state index < -0.39 is 11.7 Å². The molecule has 1 aromatic rings. The van der Waals surface area contributed by atoms with Crippen LogP contribution in [0.2, 0.25) is 0 Å². The maximum atomic E-state index is 12.6. The summed E-state index contributed by atoms with van der Waals surface area (Å²) in [5, 5.41) is 6.03. The van der Waals surface area contributed by atoms with Crippen LogP contribution in [0.25, 0.3) is 0 Å². The largest absolute Gasteiger partial charge is 0.416 e. The summed E-state index contributed by atoms with van der Waals surface area (Å²) in [4.78, 5) is 18.4. The summed E-state index contributed by atoms with van der Waals surface area (Å²) >= 11 is 0. The van der Waals surface area contributed by atoms with Crippen molar-refractivity contribution in [2.24, 2.45) is 4.99 Å². The second-order valence-electron chi connectivity index (χ2n) is 6.18. The Morgan fingerprint density at radius 2 is 1.74 bits per heavy atom. The maximum Gasteiger partial charge on any atom is 0.416 e. The highest BCUT2D eigenvalue weighted by molar-refractivity contribution is 14.0. The van der Waals surface area contributed by atoms with Crippen LogP contribution in [-0.2, 0) is 17.5 Å². The summed E-state index contributed by atoms with van der Waals surface area (Å²) in [5.41, 5.74) is -0.0139. The smallest absolute Gasteiger partial charge is 0.357 e. The molecule has 0 saturated carbocycles. The van der Waals surface area contributed by atoms with E-state index in [1.165, 1.54) is 12.1 Å². The molecule has 27 heavy (non-hydrogen) atoms. The molecule has 0 unspecified atom stereocenters. The first kappa shape index (κ1) is 23.5. The topological polar surface area (TPSA) is 56.7 Å². The normalized spacial score (nSPS) is 15.1. The van der Waals surface area contributed by atoms with Gasteiger partial charge in [0.15, 0.2) is 5.96 Å². The van der Waals surface area contributed by atoms with E-state index in [9.17, 15) is 18.0 Å². The van der Waals surface area contributed by atoms with Crippen molar-refractivity contribution in [2.75, 3.05) is 26.2 Å². The molecule has 0 radical (unpaired) electrons. The number of alkyl halides is 3. The predicted molar refractivity (Wildman–Crippen MR) is 110 cm³/mol. The Bertz CT molecular complexity index is 614. The number of aliphatic imine (C=N–C) groups is 1. The number of rotatable bonds is 5. The number of nitrogens with one attached hydrogen (secondary N) is 2. The van der Waals surface area contributed by atoms with Gasteiger partial charge in [-0.2, -0.15) is 13.2 Å². The predicted octanol–water partition coefficient (Wildman–Crippen LogP) is 3.39. The molecule has 1 heterocycles. The van der Waals surface area contributed by atoms with Gasteiger partial charge < -0.3 is 15.5 Å². The Morgan fingerprint density at radius 1 is 1.11 bits per heavy atom. The zero-order valence-corrected chi connectivity index (χ0v) is 17.6. The summed E-state index contributed by atoms with van der Waals surface area (Å²) < 4.78 is 37.7. The molecule has 152 valence electrons. The van der Waals surface area contributed by atoms with E-state index >= 15 is 0 Å². The van der Waals surface area contributed by atoms with Gasteiger partial charge in [0.2, 0.25) is 5.91 Å². The zero-order valence-electron chi connectivity index (χ0n) is 15.3. The van der Waals surface area contributed by atoms with Gasteiger partial charge in [0.25, 0.3) is 0 Å². The number of likely N-dealkylation sites (tertiary alicyclic amines) is 1. The highest BCUT2D eigenvalue weighted by Crippen LogP contribution is 2.29. The Morgan fingerprint density at radius 3 is 2.30 bits per heavy atom. The first-order chi connectivity index (χ1) is 12.4. The molecule has 2 N–H and O–H groups in total. The lowest BCUT2D eigenvalue weighted by Gasteiger charge is -2.27. The van der Waals surface area contributed by atoms with Crippen LogP contribution < -0.4 is 10.6 Å². The third-order valence-corrected chi connectivity index (χ3v) is 4.16. The van der Waals surface area contributed by atoms with E-state index in [0.717, 1.165) is 44.5 Å². The van der Waals surface area contributed by atoms with E-state index in [4.69, 9.17) is 0 Å². The first-order valence-electron chi connectivity index (χ1n) is 8.86. The Kier molecular flexibility index (Phi) is 9.89. The highest BCUT2D eigenvalue weighted by atomic mass is 127. The molecule has 5 nitrogen and oxygen atoms in total. The highest BCUT2D eigenvalue weighted by Gasteiger charge is 2.29. The quantitative estimate of drug-likeness (QED) is 0.372. The molecule has 0 atom stereocenters. The number of piperidine rings is 1. The van der Waals surface area contributed by atoms with Gasteiger partial charge in [-0.15, -0.1) is 24.0 Å². The number of hydrogen-bond acceptors (Lipinski definition) is 2. The lowest BCUT2D eigenvalue weighted by molar-refractivity contribution is -0.137. The van der Waals surface area contributed by atoms with E-state index in [1.807, 2.05) is 11.8 Å². The Labute approximate surface area is 174 Å². The van der Waals surface area contributed by atoms with Gasteiger partial charge in [-0.25, -0.2) is 4.99 Å². The van der Waals surface area contributed by atoms with Crippen molar-refractivity contribution in [1.29, 1.82) is 0 Å². The van der Waals surface area contributed by atoms with Gasteiger partial charge in [0.1, 0.15) is 0 Å². The van der Waals surface area contributed by atoms with Crippen LogP contribution in [0.1, 0.15) is 37.3 Å². The number of hydrogen-bond donors (Lipinski definition) is 2. The number of amides is 1. The van der Waals surface area contributed by atoms with Crippen LogP contribution in [0.3, 0.4) is 0 Å². The van der Waals surface area contributed by atoms with E-state index in [-0.39, 0.29) is 43.0 Å². The fourth-order valence-electron chi connectivity index (χ4n) is 2.73. The molecule has 1 amide bonds. The molecule has 1 aliphatic heterocycles. The van der Waals surface area contributed by atoms with Gasteiger partial charge in [-0.1, -0.05) is 12.1 Å². The van der Waals surface area contributed by atoms with Crippen LogP contribution in [0, 0.1) is 0 Å². The van der Waals surface area contributed by atoms with E-state index in [2.05, 4.69) is 15.6 Å².